The minimum Gasteiger partial charge on any atom is -0.472 e. The first-order chi connectivity index (χ1) is 14.1. The van der Waals surface area contributed by atoms with Crippen molar-refractivity contribution >= 4 is 0 Å². The molecule has 3 aliphatic rings. The van der Waals surface area contributed by atoms with E-state index in [0.29, 0.717) is 17.9 Å². The van der Waals surface area contributed by atoms with Gasteiger partial charge in [-0.15, -0.1) is 5.10 Å². The summed E-state index contributed by atoms with van der Waals surface area (Å²) in [6, 6.07) is 2.38. The van der Waals surface area contributed by atoms with E-state index in [4.69, 9.17) is 9.15 Å². The van der Waals surface area contributed by atoms with E-state index in [1.807, 2.05) is 6.26 Å². The smallest absolute Gasteiger partial charge is 0.0967 e. The van der Waals surface area contributed by atoms with E-state index >= 15 is 0 Å². The summed E-state index contributed by atoms with van der Waals surface area (Å²) in [6.07, 6.45) is 11.0. The molecule has 0 unspecified atom stereocenters. The third kappa shape index (κ3) is 4.57. The van der Waals surface area contributed by atoms with Gasteiger partial charge in [-0.3, -0.25) is 4.90 Å². The summed E-state index contributed by atoms with van der Waals surface area (Å²) in [4.78, 5) is 4.72. The lowest BCUT2D eigenvalue weighted by molar-refractivity contribution is -0.0375. The van der Waals surface area contributed by atoms with Crippen LogP contribution in [-0.4, -0.2) is 64.7 Å². The fourth-order valence-electron chi connectivity index (χ4n) is 5.13. The van der Waals surface area contributed by atoms with Crippen molar-refractivity contribution in [2.45, 2.75) is 50.9 Å². The van der Waals surface area contributed by atoms with Crippen molar-refractivity contribution in [1.82, 2.24) is 24.8 Å². The van der Waals surface area contributed by atoms with Crippen LogP contribution in [0.4, 0.5) is 0 Å². The molecule has 1 aliphatic heterocycles. The zero-order valence-electron chi connectivity index (χ0n) is 17.6. The van der Waals surface area contributed by atoms with E-state index in [2.05, 4.69) is 51.2 Å². The molecular weight excluding hydrogens is 366 g/mol. The molecule has 0 aromatic carbocycles. The van der Waals surface area contributed by atoms with Crippen LogP contribution in [0.5, 0.6) is 0 Å². The van der Waals surface area contributed by atoms with Crippen molar-refractivity contribution in [3.05, 3.63) is 36.0 Å². The summed E-state index contributed by atoms with van der Waals surface area (Å²) in [5, 5.41) is 8.93. The van der Waals surface area contributed by atoms with Gasteiger partial charge in [-0.25, -0.2) is 4.68 Å². The van der Waals surface area contributed by atoms with Gasteiger partial charge in [0.1, 0.15) is 0 Å². The molecule has 0 amide bonds. The van der Waals surface area contributed by atoms with Crippen LogP contribution in [0, 0.1) is 17.8 Å². The van der Waals surface area contributed by atoms with Crippen molar-refractivity contribution in [1.29, 1.82) is 0 Å². The zero-order chi connectivity index (χ0) is 19.8. The third-order valence-corrected chi connectivity index (χ3v) is 6.77. The molecule has 7 heteroatoms. The maximum atomic E-state index is 6.48. The van der Waals surface area contributed by atoms with Gasteiger partial charge >= 0.3 is 0 Å². The SMILES string of the molecule is CN(C)Cc1cn([C@@H]2C[C@@H]3CN(Cc4ccoc4)C[C@@H]3C[C@H]2OCC2CC2)nn1. The zero-order valence-corrected chi connectivity index (χ0v) is 17.6. The van der Waals surface area contributed by atoms with Gasteiger partial charge in [0.2, 0.25) is 0 Å². The number of fused-ring (bicyclic) bond motifs is 1. The number of hydrogen-bond donors (Lipinski definition) is 0. The largest absolute Gasteiger partial charge is 0.472 e. The molecule has 3 heterocycles. The number of nitrogens with zero attached hydrogens (tertiary/aromatic N) is 5. The minimum absolute atomic E-state index is 0.250. The maximum Gasteiger partial charge on any atom is 0.0967 e. The van der Waals surface area contributed by atoms with Gasteiger partial charge in [0.05, 0.1) is 36.6 Å². The Morgan fingerprint density at radius 3 is 2.76 bits per heavy atom. The van der Waals surface area contributed by atoms with Crippen LogP contribution in [0.15, 0.2) is 29.2 Å². The fraction of sp³-hybridized carbons (Fsp3) is 0.727. The molecule has 1 saturated heterocycles. The molecule has 5 rings (SSSR count). The highest BCUT2D eigenvalue weighted by Crippen LogP contribution is 2.43. The van der Waals surface area contributed by atoms with Gasteiger partial charge < -0.3 is 14.1 Å². The first-order valence-electron chi connectivity index (χ1n) is 11.0. The first kappa shape index (κ1) is 19.3. The number of hydrogen-bond acceptors (Lipinski definition) is 6. The quantitative estimate of drug-likeness (QED) is 0.680. The Labute approximate surface area is 173 Å². The normalized spacial score (nSPS) is 30.2. The fourth-order valence-corrected chi connectivity index (χ4v) is 5.13. The summed E-state index contributed by atoms with van der Waals surface area (Å²) in [6.45, 7) is 5.04. The number of furan rings is 1. The monoisotopic (exact) mass is 399 g/mol. The van der Waals surface area contributed by atoms with Gasteiger partial charge in [-0.05, 0) is 63.6 Å². The Bertz CT molecular complexity index is 785. The molecule has 2 aromatic rings. The lowest BCUT2D eigenvalue weighted by Crippen LogP contribution is -2.38. The second-order valence-electron chi connectivity index (χ2n) is 9.63. The van der Waals surface area contributed by atoms with Crippen molar-refractivity contribution in [3.63, 3.8) is 0 Å². The topological polar surface area (TPSA) is 59.6 Å². The van der Waals surface area contributed by atoms with Crippen LogP contribution in [0.2, 0.25) is 0 Å². The Morgan fingerprint density at radius 2 is 2.03 bits per heavy atom. The molecule has 0 spiro atoms. The second-order valence-corrected chi connectivity index (χ2v) is 9.63. The van der Waals surface area contributed by atoms with Crippen molar-refractivity contribution in [2.24, 2.45) is 17.8 Å². The predicted molar refractivity (Wildman–Crippen MR) is 109 cm³/mol. The number of ether oxygens (including phenoxy) is 1. The Morgan fingerprint density at radius 1 is 1.21 bits per heavy atom. The Kier molecular flexibility index (Phi) is 5.45. The van der Waals surface area contributed by atoms with Crippen LogP contribution in [-0.2, 0) is 17.8 Å². The molecule has 29 heavy (non-hydrogen) atoms. The maximum absolute atomic E-state index is 6.48. The second kappa shape index (κ2) is 8.20. The standard InChI is InChI=1S/C22H33N5O2/c1-25(2)12-20-13-27(24-23-20)21-7-18-10-26(9-17-5-6-28-14-17)11-19(18)8-22(21)29-15-16-3-4-16/h5-6,13-14,16,18-19,21-22H,3-4,7-12,15H2,1-2H3/t18-,19+,21-,22-/m1/s1. The highest BCUT2D eigenvalue weighted by Gasteiger charge is 2.44. The summed E-state index contributed by atoms with van der Waals surface area (Å²) in [5.41, 5.74) is 2.30. The molecule has 158 valence electrons. The van der Waals surface area contributed by atoms with Crippen LogP contribution < -0.4 is 0 Å². The number of likely N-dealkylation sites (tertiary alicyclic amines) is 1. The summed E-state index contributed by atoms with van der Waals surface area (Å²) in [7, 11) is 4.14. The van der Waals surface area contributed by atoms with E-state index in [-0.39, 0.29) is 6.10 Å². The summed E-state index contributed by atoms with van der Waals surface area (Å²) >= 11 is 0. The van der Waals surface area contributed by atoms with Crippen LogP contribution in [0.1, 0.15) is 43.0 Å². The van der Waals surface area contributed by atoms with Gasteiger partial charge in [0.25, 0.3) is 0 Å². The van der Waals surface area contributed by atoms with E-state index < -0.39 is 0 Å². The average molecular weight is 400 g/mol. The van der Waals surface area contributed by atoms with E-state index in [9.17, 15) is 0 Å². The molecular formula is C22H33N5O2. The predicted octanol–water partition coefficient (Wildman–Crippen LogP) is 2.81. The molecule has 0 radical (unpaired) electrons. The number of aromatic nitrogens is 3. The van der Waals surface area contributed by atoms with Crippen LogP contribution >= 0.6 is 0 Å². The Hall–Kier alpha value is -1.70. The molecule has 0 N–H and O–H groups in total. The van der Waals surface area contributed by atoms with Gasteiger partial charge in [-0.2, -0.15) is 0 Å². The molecule has 7 nitrogen and oxygen atoms in total. The van der Waals surface area contributed by atoms with Gasteiger partial charge in [-0.1, -0.05) is 5.21 Å². The molecule has 3 fully saturated rings. The molecule has 2 aromatic heterocycles. The minimum atomic E-state index is 0.250. The van der Waals surface area contributed by atoms with E-state index in [1.165, 1.54) is 18.4 Å². The summed E-state index contributed by atoms with van der Waals surface area (Å²) < 4.78 is 13.8. The van der Waals surface area contributed by atoms with Gasteiger partial charge in [0.15, 0.2) is 0 Å². The van der Waals surface area contributed by atoms with Crippen molar-refractivity contribution < 1.29 is 9.15 Å². The van der Waals surface area contributed by atoms with Crippen molar-refractivity contribution in [3.8, 4) is 0 Å². The highest BCUT2D eigenvalue weighted by molar-refractivity contribution is 5.06. The van der Waals surface area contributed by atoms with Crippen molar-refractivity contribution in [2.75, 3.05) is 33.8 Å². The third-order valence-electron chi connectivity index (χ3n) is 6.77. The number of rotatable bonds is 8. The van der Waals surface area contributed by atoms with E-state index in [0.717, 1.165) is 57.2 Å². The lowest BCUT2D eigenvalue weighted by Gasteiger charge is -2.37. The van der Waals surface area contributed by atoms with Gasteiger partial charge in [0, 0.05) is 38.3 Å². The average Bonchev–Trinajstić information content (AvgIpc) is 3.06. The summed E-state index contributed by atoms with van der Waals surface area (Å²) in [5.74, 6) is 2.20. The van der Waals surface area contributed by atoms with Crippen LogP contribution in [0.3, 0.4) is 0 Å². The van der Waals surface area contributed by atoms with E-state index in [1.54, 1.807) is 6.26 Å². The Balaban J connectivity index is 1.28. The molecule has 4 atom stereocenters. The lowest BCUT2D eigenvalue weighted by atomic mass is 9.77. The first-order valence-corrected chi connectivity index (χ1v) is 11.0. The van der Waals surface area contributed by atoms with Crippen LogP contribution in [0.25, 0.3) is 0 Å². The molecule has 2 aliphatic carbocycles. The molecule has 0 bridgehead atoms. The highest BCUT2D eigenvalue weighted by atomic mass is 16.5. The molecule has 2 saturated carbocycles.